The highest BCUT2D eigenvalue weighted by molar-refractivity contribution is 7.89. The molecule has 0 aliphatic heterocycles. The smallest absolute Gasteiger partial charge is 0.242 e. The lowest BCUT2D eigenvalue weighted by atomic mass is 9.89. The van der Waals surface area contributed by atoms with Gasteiger partial charge < -0.3 is 9.26 Å². The van der Waals surface area contributed by atoms with Crippen molar-refractivity contribution in [2.75, 3.05) is 20.7 Å². The lowest BCUT2D eigenvalue weighted by Crippen LogP contribution is -2.29. The molecule has 1 saturated carbocycles. The fraction of sp³-hybridized carbons (Fsp3) is 0.556. The monoisotopic (exact) mass is 413 g/mol. The molecule has 27 heavy (non-hydrogen) atoms. The number of sulfonamides is 1. The maximum Gasteiger partial charge on any atom is 0.242 e. The van der Waals surface area contributed by atoms with E-state index in [2.05, 4.69) is 10.1 Å². The SMILES string of the molecule is COc1ccc(S(=O)(=O)N(C)CCc2noc(C3CCCCC3)n2)cc1Cl. The largest absolute Gasteiger partial charge is 0.495 e. The Morgan fingerprint density at radius 3 is 2.70 bits per heavy atom. The summed E-state index contributed by atoms with van der Waals surface area (Å²) in [6.45, 7) is 0.246. The van der Waals surface area contributed by atoms with Crippen molar-refractivity contribution in [3.05, 3.63) is 34.9 Å². The summed E-state index contributed by atoms with van der Waals surface area (Å²) in [7, 11) is -0.660. The van der Waals surface area contributed by atoms with E-state index in [4.69, 9.17) is 20.9 Å². The zero-order valence-corrected chi connectivity index (χ0v) is 17.1. The Bertz CT molecular complexity index is 878. The van der Waals surface area contributed by atoms with Crippen molar-refractivity contribution in [3.8, 4) is 5.75 Å². The summed E-state index contributed by atoms with van der Waals surface area (Å²) in [4.78, 5) is 4.58. The van der Waals surface area contributed by atoms with Gasteiger partial charge in [0.05, 0.1) is 17.0 Å². The molecule has 0 N–H and O–H groups in total. The van der Waals surface area contributed by atoms with Crippen molar-refractivity contribution in [2.24, 2.45) is 0 Å². The molecular weight excluding hydrogens is 390 g/mol. The van der Waals surface area contributed by atoms with Crippen molar-refractivity contribution in [1.29, 1.82) is 0 Å². The van der Waals surface area contributed by atoms with E-state index < -0.39 is 10.0 Å². The first-order chi connectivity index (χ1) is 12.9. The maximum absolute atomic E-state index is 12.7. The van der Waals surface area contributed by atoms with Crippen LogP contribution in [-0.2, 0) is 16.4 Å². The topological polar surface area (TPSA) is 85.5 Å². The molecule has 1 aliphatic carbocycles. The number of ether oxygens (including phenoxy) is 1. The van der Waals surface area contributed by atoms with Gasteiger partial charge in [-0.2, -0.15) is 4.98 Å². The molecule has 0 amide bonds. The van der Waals surface area contributed by atoms with E-state index in [1.54, 1.807) is 6.07 Å². The van der Waals surface area contributed by atoms with E-state index in [1.807, 2.05) is 0 Å². The maximum atomic E-state index is 12.7. The summed E-state index contributed by atoms with van der Waals surface area (Å²) in [5.74, 6) is 1.98. The number of rotatable bonds is 7. The summed E-state index contributed by atoms with van der Waals surface area (Å²) >= 11 is 6.05. The van der Waals surface area contributed by atoms with Crippen LogP contribution in [0.4, 0.5) is 0 Å². The number of methoxy groups -OCH3 is 1. The molecule has 9 heteroatoms. The van der Waals surface area contributed by atoms with E-state index in [9.17, 15) is 8.42 Å². The van der Waals surface area contributed by atoms with Crippen molar-refractivity contribution in [3.63, 3.8) is 0 Å². The van der Waals surface area contributed by atoms with Crippen molar-refractivity contribution in [2.45, 2.75) is 49.3 Å². The second-order valence-corrected chi connectivity index (χ2v) is 9.21. The molecular formula is C18H24ClN3O4S. The Morgan fingerprint density at radius 1 is 1.30 bits per heavy atom. The molecule has 148 valence electrons. The van der Waals surface area contributed by atoms with E-state index >= 15 is 0 Å². The molecule has 0 bridgehead atoms. The van der Waals surface area contributed by atoms with Gasteiger partial charge in [-0.25, -0.2) is 12.7 Å². The highest BCUT2D eigenvalue weighted by Gasteiger charge is 2.24. The van der Waals surface area contributed by atoms with Gasteiger partial charge in [0, 0.05) is 25.9 Å². The minimum atomic E-state index is -3.66. The van der Waals surface area contributed by atoms with Gasteiger partial charge in [0.1, 0.15) is 5.75 Å². The van der Waals surface area contributed by atoms with Crippen LogP contribution in [0.3, 0.4) is 0 Å². The molecule has 0 saturated heterocycles. The quantitative estimate of drug-likeness (QED) is 0.688. The summed E-state index contributed by atoms with van der Waals surface area (Å²) in [6, 6.07) is 4.41. The Hall–Kier alpha value is -1.64. The van der Waals surface area contributed by atoms with Crippen LogP contribution in [0.25, 0.3) is 0 Å². The van der Waals surface area contributed by atoms with Crippen LogP contribution in [0, 0.1) is 0 Å². The minimum Gasteiger partial charge on any atom is -0.495 e. The molecule has 3 rings (SSSR count). The van der Waals surface area contributed by atoms with Crippen LogP contribution < -0.4 is 4.74 Å². The Balaban J connectivity index is 1.63. The fourth-order valence-corrected chi connectivity index (χ4v) is 4.77. The molecule has 7 nitrogen and oxygen atoms in total. The van der Waals surface area contributed by atoms with E-state index in [1.165, 1.54) is 49.9 Å². The summed E-state index contributed by atoms with van der Waals surface area (Å²) in [6.07, 6.45) is 6.18. The van der Waals surface area contributed by atoms with Gasteiger partial charge in [-0.1, -0.05) is 36.0 Å². The van der Waals surface area contributed by atoms with Crippen molar-refractivity contribution in [1.82, 2.24) is 14.4 Å². The third-order valence-electron chi connectivity index (χ3n) is 4.92. The first kappa shape index (κ1) is 20.1. The number of nitrogens with zero attached hydrogens (tertiary/aromatic N) is 3. The zero-order valence-electron chi connectivity index (χ0n) is 15.5. The number of halogens is 1. The summed E-state index contributed by atoms with van der Waals surface area (Å²) in [5.41, 5.74) is 0. The molecule has 0 atom stereocenters. The highest BCUT2D eigenvalue weighted by atomic mass is 35.5. The van der Waals surface area contributed by atoms with E-state index in [0.717, 1.165) is 12.8 Å². The van der Waals surface area contributed by atoms with Gasteiger partial charge in [0.25, 0.3) is 0 Å². The van der Waals surface area contributed by atoms with E-state index in [-0.39, 0.29) is 16.5 Å². The van der Waals surface area contributed by atoms with Crippen molar-refractivity contribution >= 4 is 21.6 Å². The van der Waals surface area contributed by atoms with Crippen LogP contribution in [0.2, 0.25) is 5.02 Å². The molecule has 1 aliphatic rings. The van der Waals surface area contributed by atoms with Gasteiger partial charge >= 0.3 is 0 Å². The van der Waals surface area contributed by atoms with Gasteiger partial charge in [-0.05, 0) is 31.0 Å². The average molecular weight is 414 g/mol. The predicted molar refractivity (Wildman–Crippen MR) is 102 cm³/mol. The Morgan fingerprint density at radius 2 is 2.04 bits per heavy atom. The summed E-state index contributed by atoms with van der Waals surface area (Å²) < 4.78 is 37.2. The third-order valence-corrected chi connectivity index (χ3v) is 7.07. The minimum absolute atomic E-state index is 0.117. The average Bonchev–Trinajstić information content (AvgIpc) is 3.15. The van der Waals surface area contributed by atoms with Gasteiger partial charge in [0.2, 0.25) is 15.9 Å². The van der Waals surface area contributed by atoms with Crippen LogP contribution in [0.15, 0.2) is 27.6 Å². The number of benzene rings is 1. The molecule has 0 unspecified atom stereocenters. The molecule has 0 spiro atoms. The van der Waals surface area contributed by atoms with Crippen molar-refractivity contribution < 1.29 is 17.7 Å². The number of aromatic nitrogens is 2. The Kier molecular flexibility index (Phi) is 6.39. The number of hydrogen-bond acceptors (Lipinski definition) is 6. The second kappa shape index (κ2) is 8.58. The molecule has 1 aromatic heterocycles. The second-order valence-electron chi connectivity index (χ2n) is 6.76. The van der Waals surface area contributed by atoms with Crippen LogP contribution in [0.1, 0.15) is 49.7 Å². The molecule has 1 aromatic carbocycles. The highest BCUT2D eigenvalue weighted by Crippen LogP contribution is 2.31. The predicted octanol–water partition coefficient (Wildman–Crippen LogP) is 3.64. The van der Waals surface area contributed by atoms with E-state index in [0.29, 0.717) is 29.8 Å². The third kappa shape index (κ3) is 4.62. The first-order valence-electron chi connectivity index (χ1n) is 9.04. The van der Waals surface area contributed by atoms with Gasteiger partial charge in [0.15, 0.2) is 5.82 Å². The molecule has 1 heterocycles. The first-order valence-corrected chi connectivity index (χ1v) is 10.9. The van der Waals surface area contributed by atoms with Gasteiger partial charge in [-0.3, -0.25) is 0 Å². The molecule has 0 radical (unpaired) electrons. The lowest BCUT2D eigenvalue weighted by molar-refractivity contribution is 0.311. The number of likely N-dealkylation sites (N-methyl/N-ethyl adjacent to an activating group) is 1. The Labute approximate surface area is 164 Å². The standard InChI is InChI=1S/C18H24ClN3O4S/c1-22(27(23,24)14-8-9-16(25-2)15(19)12-14)11-10-17-20-18(26-21-17)13-6-4-3-5-7-13/h8-9,12-13H,3-7,10-11H2,1-2H3. The summed E-state index contributed by atoms with van der Waals surface area (Å²) in [5, 5.41) is 4.26. The molecule has 1 fully saturated rings. The lowest BCUT2D eigenvalue weighted by Gasteiger charge is -2.17. The molecule has 2 aromatic rings. The number of hydrogen-bond donors (Lipinski definition) is 0. The fourth-order valence-electron chi connectivity index (χ4n) is 3.25. The zero-order chi connectivity index (χ0) is 19.4. The normalized spacial score (nSPS) is 16.0. The van der Waals surface area contributed by atoms with Crippen LogP contribution in [-0.4, -0.2) is 43.6 Å². The van der Waals surface area contributed by atoms with Crippen LogP contribution in [0.5, 0.6) is 5.75 Å². The van der Waals surface area contributed by atoms with Crippen LogP contribution >= 0.6 is 11.6 Å². The van der Waals surface area contributed by atoms with Gasteiger partial charge in [-0.15, -0.1) is 0 Å².